The first-order valence-electron chi connectivity index (χ1n) is 10.6. The molecule has 1 aliphatic heterocycles. The van der Waals surface area contributed by atoms with Crippen molar-refractivity contribution >= 4 is 22.9 Å². The molecule has 0 aliphatic carbocycles. The highest BCUT2D eigenvalue weighted by Crippen LogP contribution is 2.28. The summed E-state index contributed by atoms with van der Waals surface area (Å²) in [6.45, 7) is 5.64. The lowest BCUT2D eigenvalue weighted by atomic mass is 10.1. The van der Waals surface area contributed by atoms with Crippen LogP contribution in [0.2, 0.25) is 0 Å². The molecule has 10 heteroatoms. The molecule has 1 fully saturated rings. The Labute approximate surface area is 185 Å². The molecule has 0 bridgehead atoms. The summed E-state index contributed by atoms with van der Waals surface area (Å²) in [7, 11) is 1.64. The van der Waals surface area contributed by atoms with Gasteiger partial charge in [-0.05, 0) is 31.5 Å². The number of rotatable bonds is 8. The molecule has 3 aromatic rings. The molecule has 1 aliphatic rings. The molecule has 4 rings (SSSR count). The summed E-state index contributed by atoms with van der Waals surface area (Å²) in [6, 6.07) is 5.28. The Bertz CT molecular complexity index is 1070. The Morgan fingerprint density at radius 1 is 1.25 bits per heavy atom. The van der Waals surface area contributed by atoms with Gasteiger partial charge in [0.2, 0.25) is 5.91 Å². The Hall–Kier alpha value is -3.24. The Morgan fingerprint density at radius 2 is 2.06 bits per heavy atom. The van der Waals surface area contributed by atoms with Gasteiger partial charge in [-0.15, -0.1) is 0 Å². The van der Waals surface area contributed by atoms with Crippen molar-refractivity contribution in [2.24, 2.45) is 0 Å². The number of piperazine rings is 1. The van der Waals surface area contributed by atoms with Crippen LogP contribution < -0.4 is 5.32 Å². The van der Waals surface area contributed by atoms with Crippen molar-refractivity contribution in [2.45, 2.75) is 13.3 Å². The number of fused-ring (bicyclic) bond motifs is 1. The minimum Gasteiger partial charge on any atom is -0.463 e. The lowest BCUT2D eigenvalue weighted by Gasteiger charge is -2.34. The van der Waals surface area contributed by atoms with Crippen molar-refractivity contribution in [3.8, 4) is 11.5 Å². The second-order valence-corrected chi connectivity index (χ2v) is 7.75. The second kappa shape index (κ2) is 9.92. The van der Waals surface area contributed by atoms with E-state index in [0.717, 1.165) is 6.42 Å². The number of ether oxygens (including phenoxy) is 1. The monoisotopic (exact) mass is 441 g/mol. The fraction of sp³-hybridized carbons (Fsp3) is 0.455. The second-order valence-electron chi connectivity index (χ2n) is 7.75. The number of amides is 2. The maximum Gasteiger partial charge on any atom is 0.259 e. The molecule has 0 atom stereocenters. The first kappa shape index (κ1) is 22.0. The van der Waals surface area contributed by atoms with E-state index in [0.29, 0.717) is 79.7 Å². The van der Waals surface area contributed by atoms with Crippen molar-refractivity contribution in [1.82, 2.24) is 25.3 Å². The molecule has 32 heavy (non-hydrogen) atoms. The molecule has 0 saturated carbocycles. The van der Waals surface area contributed by atoms with Crippen molar-refractivity contribution in [1.29, 1.82) is 0 Å². The molecule has 3 aromatic heterocycles. The van der Waals surface area contributed by atoms with E-state index >= 15 is 0 Å². The van der Waals surface area contributed by atoms with E-state index in [2.05, 4.69) is 20.4 Å². The van der Waals surface area contributed by atoms with E-state index in [1.165, 1.54) is 0 Å². The van der Waals surface area contributed by atoms with Crippen LogP contribution in [0.15, 0.2) is 33.4 Å². The van der Waals surface area contributed by atoms with Crippen molar-refractivity contribution in [3.63, 3.8) is 0 Å². The van der Waals surface area contributed by atoms with Gasteiger partial charge in [-0.2, -0.15) is 0 Å². The molecule has 0 aromatic carbocycles. The van der Waals surface area contributed by atoms with Gasteiger partial charge in [-0.1, -0.05) is 5.16 Å². The third kappa shape index (κ3) is 4.81. The maximum atomic E-state index is 13.4. The first-order valence-corrected chi connectivity index (χ1v) is 10.6. The fourth-order valence-electron chi connectivity index (χ4n) is 3.80. The smallest absolute Gasteiger partial charge is 0.259 e. The number of nitrogens with zero attached hydrogens (tertiary/aromatic N) is 4. The Balaban J connectivity index is 1.42. The summed E-state index contributed by atoms with van der Waals surface area (Å²) in [4.78, 5) is 33.8. The average Bonchev–Trinajstić information content (AvgIpc) is 3.47. The van der Waals surface area contributed by atoms with Crippen LogP contribution in [0, 0.1) is 6.92 Å². The number of hydrogen-bond acceptors (Lipinski definition) is 8. The molecule has 1 N–H and O–H groups in total. The van der Waals surface area contributed by atoms with Crippen LogP contribution in [0.4, 0.5) is 0 Å². The third-order valence-corrected chi connectivity index (χ3v) is 5.50. The van der Waals surface area contributed by atoms with Gasteiger partial charge >= 0.3 is 0 Å². The summed E-state index contributed by atoms with van der Waals surface area (Å²) >= 11 is 0. The van der Waals surface area contributed by atoms with Crippen LogP contribution in [0.3, 0.4) is 0 Å². The van der Waals surface area contributed by atoms with Crippen molar-refractivity contribution in [3.05, 3.63) is 35.7 Å². The number of carbonyl (C=O) groups is 2. The van der Waals surface area contributed by atoms with Gasteiger partial charge in [0.15, 0.2) is 5.76 Å². The van der Waals surface area contributed by atoms with Gasteiger partial charge in [0, 0.05) is 46.4 Å². The van der Waals surface area contributed by atoms with Gasteiger partial charge in [-0.3, -0.25) is 14.5 Å². The molecular formula is C22H27N5O5. The minimum absolute atomic E-state index is 0.0140. The van der Waals surface area contributed by atoms with Crippen molar-refractivity contribution < 1.29 is 23.3 Å². The summed E-state index contributed by atoms with van der Waals surface area (Å²) in [5.74, 6) is 0.427. The van der Waals surface area contributed by atoms with E-state index in [4.69, 9.17) is 13.7 Å². The van der Waals surface area contributed by atoms with Crippen LogP contribution in [0.1, 0.15) is 22.5 Å². The lowest BCUT2D eigenvalue weighted by Crippen LogP contribution is -2.51. The zero-order chi connectivity index (χ0) is 22.5. The summed E-state index contributed by atoms with van der Waals surface area (Å²) in [5, 5.41) is 7.50. The van der Waals surface area contributed by atoms with Gasteiger partial charge in [-0.25, -0.2) is 4.98 Å². The largest absolute Gasteiger partial charge is 0.463 e. The number of carbonyl (C=O) groups excluding carboxylic acids is 2. The molecule has 4 heterocycles. The standard InChI is InChI=1S/C22H27N5O5/c1-15-20-16(13-17(18-5-3-12-31-18)24-21(20)32-25-15)22(29)27-9-7-26(8-10-27)14-19(28)23-6-4-11-30-2/h3,5,12-13H,4,6-11,14H2,1-2H3,(H,23,28). The number of nitrogens with one attached hydrogen (secondary N) is 1. The number of methoxy groups -OCH3 is 1. The first-order chi connectivity index (χ1) is 15.6. The molecule has 170 valence electrons. The van der Waals surface area contributed by atoms with E-state index in [1.54, 1.807) is 43.4 Å². The molecule has 0 spiro atoms. The molecule has 0 radical (unpaired) electrons. The van der Waals surface area contributed by atoms with E-state index in [-0.39, 0.29) is 11.8 Å². The topological polar surface area (TPSA) is 114 Å². The van der Waals surface area contributed by atoms with Crippen LogP contribution in [0.5, 0.6) is 0 Å². The molecule has 2 amide bonds. The van der Waals surface area contributed by atoms with Gasteiger partial charge in [0.05, 0.1) is 29.5 Å². The average molecular weight is 441 g/mol. The predicted molar refractivity (Wildman–Crippen MR) is 116 cm³/mol. The summed E-state index contributed by atoms with van der Waals surface area (Å²) in [5.41, 5.74) is 1.93. The number of aromatic nitrogens is 2. The fourth-order valence-corrected chi connectivity index (χ4v) is 3.80. The zero-order valence-corrected chi connectivity index (χ0v) is 18.3. The van der Waals surface area contributed by atoms with Crippen LogP contribution in [-0.2, 0) is 9.53 Å². The summed E-state index contributed by atoms with van der Waals surface area (Å²) < 4.78 is 15.8. The SMILES string of the molecule is COCCCNC(=O)CN1CCN(C(=O)c2cc(-c3ccco3)nc3onc(C)c23)CC1. The molecule has 1 saturated heterocycles. The number of pyridine rings is 1. The Kier molecular flexibility index (Phi) is 6.81. The van der Waals surface area contributed by atoms with Gasteiger partial charge in [0.1, 0.15) is 5.69 Å². The van der Waals surface area contributed by atoms with Crippen LogP contribution in [0.25, 0.3) is 22.6 Å². The quantitative estimate of drug-likeness (QED) is 0.526. The number of hydrogen-bond donors (Lipinski definition) is 1. The molecular weight excluding hydrogens is 414 g/mol. The lowest BCUT2D eigenvalue weighted by molar-refractivity contribution is -0.122. The third-order valence-electron chi connectivity index (χ3n) is 5.50. The number of furan rings is 1. The Morgan fingerprint density at radius 3 is 2.78 bits per heavy atom. The van der Waals surface area contributed by atoms with E-state index in [9.17, 15) is 9.59 Å². The van der Waals surface area contributed by atoms with E-state index < -0.39 is 0 Å². The maximum absolute atomic E-state index is 13.4. The van der Waals surface area contributed by atoms with Crippen molar-refractivity contribution in [2.75, 3.05) is 53.0 Å². The minimum atomic E-state index is -0.111. The summed E-state index contributed by atoms with van der Waals surface area (Å²) in [6.07, 6.45) is 2.34. The normalized spacial score (nSPS) is 14.8. The van der Waals surface area contributed by atoms with Crippen LogP contribution >= 0.6 is 0 Å². The number of aryl methyl sites for hydroxylation is 1. The van der Waals surface area contributed by atoms with Gasteiger partial charge in [0.25, 0.3) is 11.6 Å². The highest BCUT2D eigenvalue weighted by Gasteiger charge is 2.27. The van der Waals surface area contributed by atoms with E-state index in [1.807, 2.05) is 0 Å². The highest BCUT2D eigenvalue weighted by atomic mass is 16.5. The predicted octanol–water partition coefficient (Wildman–Crippen LogP) is 1.70. The zero-order valence-electron chi connectivity index (χ0n) is 18.3. The molecule has 0 unspecified atom stereocenters. The van der Waals surface area contributed by atoms with Crippen LogP contribution in [-0.4, -0.2) is 84.7 Å². The highest BCUT2D eigenvalue weighted by molar-refractivity contribution is 6.06. The molecule has 10 nitrogen and oxygen atoms in total. The van der Waals surface area contributed by atoms with Gasteiger partial charge < -0.3 is 23.9 Å².